The van der Waals surface area contributed by atoms with Gasteiger partial charge in [0.05, 0.1) is 34.2 Å². The summed E-state index contributed by atoms with van der Waals surface area (Å²) in [4.78, 5) is 14.7. The summed E-state index contributed by atoms with van der Waals surface area (Å²) in [5, 5.41) is 7.66. The first-order chi connectivity index (χ1) is 20.4. The van der Waals surface area contributed by atoms with Gasteiger partial charge < -0.3 is 19.8 Å². The number of hydrogen-bond donors (Lipinski definition) is 1. The number of anilines is 1. The lowest BCUT2D eigenvalue weighted by Crippen LogP contribution is -2.45. The van der Waals surface area contributed by atoms with E-state index in [0.717, 1.165) is 0 Å². The molecule has 43 heavy (non-hydrogen) atoms. The van der Waals surface area contributed by atoms with E-state index < -0.39 is 47.4 Å². The average molecular weight is 623 g/mol. The van der Waals surface area contributed by atoms with Gasteiger partial charge in [0.25, 0.3) is 0 Å². The molecule has 1 saturated carbocycles. The summed E-state index contributed by atoms with van der Waals surface area (Å²) in [6.45, 7) is 3.09. The zero-order chi connectivity index (χ0) is 30.6. The fourth-order valence-electron chi connectivity index (χ4n) is 4.97. The predicted octanol–water partition coefficient (Wildman–Crippen LogP) is 3.99. The number of amides is 1. The highest BCUT2D eigenvalue weighted by molar-refractivity contribution is 7.93. The van der Waals surface area contributed by atoms with Crippen molar-refractivity contribution >= 4 is 31.3 Å². The lowest BCUT2D eigenvalue weighted by molar-refractivity contribution is -0.119. The van der Waals surface area contributed by atoms with Crippen LogP contribution >= 0.6 is 0 Å². The summed E-state index contributed by atoms with van der Waals surface area (Å²) in [5.74, 6) is 0.0942. The van der Waals surface area contributed by atoms with E-state index >= 15 is 0 Å². The SMILES string of the molecule is CC(C)(c1nnc(-c2ccc3c(c2)N(Cc2ccc(Oc4ccccc4)cc2)C(=O)[C@@H](N)CS3(=O)=O)o1)S(=O)(=O)C1CC1. The average Bonchev–Trinajstić information content (AvgIpc) is 3.73. The van der Waals surface area contributed by atoms with Crippen LogP contribution in [-0.2, 0) is 35.8 Å². The highest BCUT2D eigenvalue weighted by atomic mass is 32.2. The molecule has 1 aliphatic carbocycles. The Labute approximate surface area is 249 Å². The standard InChI is InChI=1S/C30H30N4O7S2/c1-30(2,43(38,39)23-13-14-23)29-33-32-27(41-29)20-10-15-26-25(16-20)34(28(35)24(31)18-42(26,36)37)17-19-8-11-22(12-9-19)40-21-6-4-3-5-7-21/h3-12,15-16,23-24H,13-14,17-18,31H2,1-2H3/t24-/m0/s1. The molecule has 1 aromatic heterocycles. The van der Waals surface area contributed by atoms with E-state index in [-0.39, 0.29) is 28.9 Å². The quantitative estimate of drug-likeness (QED) is 0.304. The second kappa shape index (κ2) is 10.6. The molecule has 1 amide bonds. The number of aromatic nitrogens is 2. The van der Waals surface area contributed by atoms with Crippen molar-refractivity contribution in [1.29, 1.82) is 0 Å². The Morgan fingerprint density at radius 2 is 1.67 bits per heavy atom. The molecule has 0 saturated heterocycles. The third-order valence-corrected chi connectivity index (χ3v) is 12.4. The number of fused-ring (bicyclic) bond motifs is 1. The van der Waals surface area contributed by atoms with Crippen LogP contribution in [0.15, 0.2) is 82.1 Å². The third-order valence-electron chi connectivity index (χ3n) is 7.67. The van der Waals surface area contributed by atoms with Gasteiger partial charge in [0.1, 0.15) is 16.2 Å². The smallest absolute Gasteiger partial charge is 0.247 e. The summed E-state index contributed by atoms with van der Waals surface area (Å²) >= 11 is 0. The van der Waals surface area contributed by atoms with Gasteiger partial charge in [0.15, 0.2) is 19.7 Å². The van der Waals surface area contributed by atoms with E-state index in [1.807, 2.05) is 30.3 Å². The zero-order valence-corrected chi connectivity index (χ0v) is 25.1. The van der Waals surface area contributed by atoms with Gasteiger partial charge in [-0.15, -0.1) is 10.2 Å². The number of benzene rings is 3. The van der Waals surface area contributed by atoms with Crippen molar-refractivity contribution in [3.05, 3.63) is 84.3 Å². The normalized spacial score (nSPS) is 18.6. The Hall–Kier alpha value is -4.07. The van der Waals surface area contributed by atoms with Gasteiger partial charge in [-0.25, -0.2) is 16.8 Å². The molecule has 1 atom stereocenters. The number of nitrogens with two attached hydrogens (primary N) is 1. The van der Waals surface area contributed by atoms with E-state index in [2.05, 4.69) is 10.2 Å². The molecule has 0 unspecified atom stereocenters. The highest BCUT2D eigenvalue weighted by Gasteiger charge is 2.50. The Morgan fingerprint density at radius 1 is 1.00 bits per heavy atom. The second-order valence-electron chi connectivity index (χ2n) is 11.2. The Balaban J connectivity index is 1.34. The lowest BCUT2D eigenvalue weighted by atomic mass is 10.1. The molecule has 0 bridgehead atoms. The minimum atomic E-state index is -3.92. The number of nitrogens with zero attached hydrogens (tertiary/aromatic N) is 3. The molecule has 0 spiro atoms. The molecule has 6 rings (SSSR count). The second-order valence-corrected chi connectivity index (χ2v) is 16.0. The maximum atomic E-state index is 13.5. The van der Waals surface area contributed by atoms with E-state index in [0.29, 0.717) is 35.5 Å². The Bertz CT molecular complexity index is 1900. The zero-order valence-electron chi connectivity index (χ0n) is 23.5. The number of carbonyl (C=O) groups is 1. The number of rotatable bonds is 8. The van der Waals surface area contributed by atoms with Crippen LogP contribution in [-0.4, -0.2) is 50.0 Å². The topological polar surface area (TPSA) is 163 Å². The van der Waals surface area contributed by atoms with Crippen LogP contribution in [0.4, 0.5) is 5.69 Å². The molecule has 0 radical (unpaired) electrons. The van der Waals surface area contributed by atoms with Crippen LogP contribution in [0.5, 0.6) is 11.5 Å². The molecule has 2 N–H and O–H groups in total. The Kier molecular flexibility index (Phi) is 7.14. The van der Waals surface area contributed by atoms with Gasteiger partial charge in [-0.3, -0.25) is 4.79 Å². The first-order valence-electron chi connectivity index (χ1n) is 13.7. The summed E-state index contributed by atoms with van der Waals surface area (Å²) in [6.07, 6.45) is 1.20. The maximum Gasteiger partial charge on any atom is 0.247 e. The molecular formula is C30H30N4O7S2. The molecule has 3 aromatic carbocycles. The minimum Gasteiger partial charge on any atom is -0.457 e. The van der Waals surface area contributed by atoms with Gasteiger partial charge in [0, 0.05) is 5.56 Å². The first kappa shape index (κ1) is 29.0. The molecule has 13 heteroatoms. The number of ether oxygens (including phenoxy) is 1. The number of sulfone groups is 2. The maximum absolute atomic E-state index is 13.5. The summed E-state index contributed by atoms with van der Waals surface area (Å²) in [7, 11) is -7.47. The van der Waals surface area contributed by atoms with Gasteiger partial charge in [-0.05, 0) is 74.7 Å². The van der Waals surface area contributed by atoms with Crippen LogP contribution in [0.3, 0.4) is 0 Å². The van der Waals surface area contributed by atoms with Crippen LogP contribution in [0.2, 0.25) is 0 Å². The van der Waals surface area contributed by atoms with E-state index in [9.17, 15) is 21.6 Å². The lowest BCUT2D eigenvalue weighted by Gasteiger charge is -2.24. The molecule has 224 valence electrons. The first-order valence-corrected chi connectivity index (χ1v) is 16.9. The number of carbonyl (C=O) groups excluding carboxylic acids is 1. The van der Waals surface area contributed by atoms with E-state index in [1.54, 1.807) is 24.3 Å². The van der Waals surface area contributed by atoms with Crippen LogP contribution < -0.4 is 15.4 Å². The van der Waals surface area contributed by atoms with Crippen molar-refractivity contribution in [1.82, 2.24) is 10.2 Å². The van der Waals surface area contributed by atoms with Gasteiger partial charge in [-0.1, -0.05) is 30.3 Å². The monoisotopic (exact) mass is 622 g/mol. The van der Waals surface area contributed by atoms with Crippen molar-refractivity contribution in [2.45, 2.75) is 54.2 Å². The third kappa shape index (κ3) is 5.43. The minimum absolute atomic E-state index is 0.00220. The van der Waals surface area contributed by atoms with Gasteiger partial charge >= 0.3 is 0 Å². The van der Waals surface area contributed by atoms with Crippen LogP contribution in [0.1, 0.15) is 38.1 Å². The Morgan fingerprint density at radius 3 is 2.35 bits per heavy atom. The molecule has 1 fully saturated rings. The van der Waals surface area contributed by atoms with E-state index in [4.69, 9.17) is 14.9 Å². The van der Waals surface area contributed by atoms with Crippen molar-refractivity contribution in [2.24, 2.45) is 5.73 Å². The van der Waals surface area contributed by atoms with Gasteiger partial charge in [-0.2, -0.15) is 0 Å². The van der Waals surface area contributed by atoms with Crippen molar-refractivity contribution in [2.75, 3.05) is 10.7 Å². The molecule has 2 heterocycles. The summed E-state index contributed by atoms with van der Waals surface area (Å²) in [5.41, 5.74) is 7.22. The van der Waals surface area contributed by atoms with E-state index in [1.165, 1.54) is 36.9 Å². The van der Waals surface area contributed by atoms with Crippen molar-refractivity contribution < 1.29 is 30.8 Å². The fraction of sp³-hybridized carbons (Fsp3) is 0.300. The molecule has 11 nitrogen and oxygen atoms in total. The summed E-state index contributed by atoms with van der Waals surface area (Å²) < 4.78 is 62.8. The van der Waals surface area contributed by atoms with Crippen molar-refractivity contribution in [3.63, 3.8) is 0 Å². The molecular weight excluding hydrogens is 592 g/mol. The molecule has 1 aliphatic heterocycles. The highest BCUT2D eigenvalue weighted by Crippen LogP contribution is 2.42. The predicted molar refractivity (Wildman–Crippen MR) is 159 cm³/mol. The summed E-state index contributed by atoms with van der Waals surface area (Å²) in [6, 6.07) is 19.5. The fourth-order valence-corrected chi connectivity index (χ4v) is 8.45. The van der Waals surface area contributed by atoms with Crippen LogP contribution in [0, 0.1) is 0 Å². The largest absolute Gasteiger partial charge is 0.457 e. The van der Waals surface area contributed by atoms with Gasteiger partial charge in [0.2, 0.25) is 17.7 Å². The van der Waals surface area contributed by atoms with Crippen molar-refractivity contribution in [3.8, 4) is 23.0 Å². The molecule has 4 aromatic rings. The van der Waals surface area contributed by atoms with Crippen LogP contribution in [0.25, 0.3) is 11.5 Å². The number of hydrogen-bond acceptors (Lipinski definition) is 10. The molecule has 2 aliphatic rings. The number of para-hydroxylation sites is 1.